The smallest absolute Gasteiger partial charge is 0.211 e. The van der Waals surface area contributed by atoms with Crippen molar-refractivity contribution in [1.29, 1.82) is 10.5 Å². The zero-order valence-corrected chi connectivity index (χ0v) is 26.7. The van der Waals surface area contributed by atoms with Crippen molar-refractivity contribution >= 4 is 49.3 Å². The van der Waals surface area contributed by atoms with Crippen molar-refractivity contribution < 1.29 is 0 Å². The van der Waals surface area contributed by atoms with Crippen LogP contribution in [0.25, 0.3) is 82.1 Å². The van der Waals surface area contributed by atoms with Crippen LogP contribution in [-0.4, -0.2) is 9.13 Å². The SMILES string of the molecule is [C-]#[N+]c1cccc2c3cc(C#N)ccc3n(-c3ccc(-c4ccc(-c5ccccc5-n5c6ccccc6c6ccccc65)cc4C#N)cc3)c12. The van der Waals surface area contributed by atoms with E-state index in [9.17, 15) is 10.5 Å². The Labute approximate surface area is 288 Å². The second kappa shape index (κ2) is 11.4. The Bertz CT molecular complexity index is 2900. The van der Waals surface area contributed by atoms with Crippen molar-refractivity contribution in [2.75, 3.05) is 0 Å². The predicted molar refractivity (Wildman–Crippen MR) is 202 cm³/mol. The molecule has 0 saturated carbocycles. The molecule has 0 radical (unpaired) electrons. The fourth-order valence-electron chi connectivity index (χ4n) is 7.42. The molecule has 50 heavy (non-hydrogen) atoms. The van der Waals surface area contributed by atoms with Crippen LogP contribution in [0.3, 0.4) is 0 Å². The van der Waals surface area contributed by atoms with Crippen molar-refractivity contribution in [3.63, 3.8) is 0 Å². The average Bonchev–Trinajstić information content (AvgIpc) is 3.70. The molecule has 230 valence electrons. The summed E-state index contributed by atoms with van der Waals surface area (Å²) in [6.45, 7) is 7.86. The highest BCUT2D eigenvalue weighted by Crippen LogP contribution is 2.40. The largest absolute Gasteiger partial charge is 0.319 e. The topological polar surface area (TPSA) is 61.8 Å². The van der Waals surface area contributed by atoms with Gasteiger partial charge in [-0.15, -0.1) is 0 Å². The standard InChI is InChI=1S/C45H25N5/c1-48-40-13-8-12-38-39-25-29(27-46)17-24-44(39)49(45(38)40)33-21-18-30(19-22-33)34-23-20-31(26-32(34)28-47)35-9-2-5-14-41(35)50-42-15-6-3-10-36(42)37-11-4-7-16-43(37)50/h2-26H. The summed E-state index contributed by atoms with van der Waals surface area (Å²) in [6.07, 6.45) is 0. The Hall–Kier alpha value is -7.39. The van der Waals surface area contributed by atoms with Crippen LogP contribution in [0.15, 0.2) is 152 Å². The molecule has 0 spiro atoms. The normalized spacial score (nSPS) is 11.1. The quantitative estimate of drug-likeness (QED) is 0.181. The first-order valence-electron chi connectivity index (χ1n) is 16.3. The molecule has 0 aliphatic heterocycles. The molecule has 0 bridgehead atoms. The van der Waals surface area contributed by atoms with Crippen LogP contribution in [0.5, 0.6) is 0 Å². The van der Waals surface area contributed by atoms with E-state index < -0.39 is 0 Å². The summed E-state index contributed by atoms with van der Waals surface area (Å²) >= 11 is 0. The fraction of sp³-hybridized carbons (Fsp3) is 0. The van der Waals surface area contributed by atoms with Gasteiger partial charge in [0.1, 0.15) is 0 Å². The first-order valence-corrected chi connectivity index (χ1v) is 16.3. The van der Waals surface area contributed by atoms with Crippen LogP contribution in [0.1, 0.15) is 11.1 Å². The summed E-state index contributed by atoms with van der Waals surface area (Å²) in [4.78, 5) is 3.82. The van der Waals surface area contributed by atoms with Crippen molar-refractivity contribution in [3.8, 4) is 45.8 Å². The van der Waals surface area contributed by atoms with Gasteiger partial charge in [0.2, 0.25) is 5.69 Å². The lowest BCUT2D eigenvalue weighted by Crippen LogP contribution is -1.97. The molecular weight excluding hydrogens is 611 g/mol. The second-order valence-electron chi connectivity index (χ2n) is 12.3. The maximum absolute atomic E-state index is 10.4. The molecule has 5 nitrogen and oxygen atoms in total. The molecule has 7 aromatic carbocycles. The van der Waals surface area contributed by atoms with Crippen molar-refractivity contribution in [3.05, 3.63) is 174 Å². The molecule has 0 atom stereocenters. The van der Waals surface area contributed by atoms with Gasteiger partial charge in [-0.25, -0.2) is 4.85 Å². The van der Waals surface area contributed by atoms with Crippen molar-refractivity contribution in [2.45, 2.75) is 0 Å². The third-order valence-corrected chi connectivity index (χ3v) is 9.63. The summed E-state index contributed by atoms with van der Waals surface area (Å²) in [5.41, 5.74) is 11.4. The molecule has 0 fully saturated rings. The number of nitriles is 2. The number of rotatable bonds is 4. The Morgan fingerprint density at radius 1 is 0.500 bits per heavy atom. The average molecular weight is 636 g/mol. The van der Waals surface area contributed by atoms with Gasteiger partial charge in [0, 0.05) is 27.4 Å². The second-order valence-corrected chi connectivity index (χ2v) is 12.3. The maximum Gasteiger partial charge on any atom is 0.211 e. The summed E-state index contributed by atoms with van der Waals surface area (Å²) in [7, 11) is 0. The van der Waals surface area contributed by atoms with Gasteiger partial charge in [-0.1, -0.05) is 97.1 Å². The monoisotopic (exact) mass is 635 g/mol. The minimum Gasteiger partial charge on any atom is -0.319 e. The molecule has 2 heterocycles. The van der Waals surface area contributed by atoms with E-state index in [1.807, 2.05) is 78.9 Å². The van der Waals surface area contributed by atoms with E-state index >= 15 is 0 Å². The van der Waals surface area contributed by atoms with Crippen molar-refractivity contribution in [2.24, 2.45) is 0 Å². The van der Waals surface area contributed by atoms with E-state index in [-0.39, 0.29) is 0 Å². The highest BCUT2D eigenvalue weighted by atomic mass is 15.0. The zero-order valence-electron chi connectivity index (χ0n) is 26.7. The molecule has 0 unspecified atom stereocenters. The van der Waals surface area contributed by atoms with Gasteiger partial charge in [-0.2, -0.15) is 10.5 Å². The highest BCUT2D eigenvalue weighted by molar-refractivity contribution is 6.14. The first kappa shape index (κ1) is 28.8. The minimum atomic E-state index is 0.546. The van der Waals surface area contributed by atoms with E-state index in [1.54, 1.807) is 0 Å². The fourth-order valence-corrected chi connectivity index (χ4v) is 7.42. The Morgan fingerprint density at radius 2 is 1.16 bits per heavy atom. The molecule has 9 aromatic rings. The van der Waals surface area contributed by atoms with Crippen LogP contribution in [-0.2, 0) is 0 Å². The van der Waals surface area contributed by atoms with E-state index in [0.717, 1.165) is 66.5 Å². The van der Waals surface area contributed by atoms with Crippen LogP contribution in [0, 0.1) is 29.2 Å². The van der Waals surface area contributed by atoms with E-state index in [0.29, 0.717) is 16.8 Å². The lowest BCUT2D eigenvalue weighted by molar-refractivity contribution is 1.18. The van der Waals surface area contributed by atoms with Crippen LogP contribution >= 0.6 is 0 Å². The number of aromatic nitrogens is 2. The number of fused-ring (bicyclic) bond motifs is 6. The van der Waals surface area contributed by atoms with Gasteiger partial charge >= 0.3 is 0 Å². The van der Waals surface area contributed by atoms with E-state index in [4.69, 9.17) is 6.57 Å². The summed E-state index contributed by atoms with van der Waals surface area (Å²) in [5, 5.41) is 24.2. The molecule has 0 saturated heterocycles. The molecular formula is C45H25N5. The molecule has 2 aromatic heterocycles. The maximum atomic E-state index is 10.4. The summed E-state index contributed by atoms with van der Waals surface area (Å²) in [5.74, 6) is 0. The molecule has 0 aliphatic rings. The third-order valence-electron chi connectivity index (χ3n) is 9.63. The molecule has 0 amide bonds. The molecule has 5 heteroatoms. The lowest BCUT2D eigenvalue weighted by atomic mass is 9.94. The zero-order chi connectivity index (χ0) is 33.8. The van der Waals surface area contributed by atoms with Gasteiger partial charge in [-0.3, -0.25) is 0 Å². The van der Waals surface area contributed by atoms with E-state index in [1.165, 1.54) is 10.8 Å². The molecule has 0 aliphatic carbocycles. The number of hydrogen-bond donors (Lipinski definition) is 0. The number of hydrogen-bond acceptors (Lipinski definition) is 2. The number of nitrogens with zero attached hydrogens (tertiary/aromatic N) is 5. The highest BCUT2D eigenvalue weighted by Gasteiger charge is 2.18. The minimum absolute atomic E-state index is 0.546. The molecule has 0 N–H and O–H groups in total. The third kappa shape index (κ3) is 4.31. The van der Waals surface area contributed by atoms with Gasteiger partial charge < -0.3 is 9.13 Å². The summed E-state index contributed by atoms with van der Waals surface area (Å²) < 4.78 is 4.40. The number of para-hydroxylation sites is 4. The van der Waals surface area contributed by atoms with Gasteiger partial charge in [0.05, 0.1) is 57.6 Å². The Morgan fingerprint density at radius 3 is 1.88 bits per heavy atom. The Balaban J connectivity index is 1.15. The lowest BCUT2D eigenvalue weighted by Gasteiger charge is -2.15. The summed E-state index contributed by atoms with van der Waals surface area (Å²) in [6, 6.07) is 55.6. The van der Waals surface area contributed by atoms with Gasteiger partial charge in [0.15, 0.2) is 0 Å². The van der Waals surface area contributed by atoms with E-state index in [2.05, 4.69) is 98.9 Å². The number of benzene rings is 7. The predicted octanol–water partition coefficient (Wildman–Crippen LogP) is 11.5. The molecule has 9 rings (SSSR count). The van der Waals surface area contributed by atoms with Gasteiger partial charge in [0.25, 0.3) is 0 Å². The Kier molecular flexibility index (Phi) is 6.56. The van der Waals surface area contributed by atoms with Crippen molar-refractivity contribution in [1.82, 2.24) is 9.13 Å². The van der Waals surface area contributed by atoms with Crippen LogP contribution in [0.4, 0.5) is 5.69 Å². The first-order chi connectivity index (χ1) is 24.7. The van der Waals surface area contributed by atoms with Crippen LogP contribution in [0.2, 0.25) is 0 Å². The van der Waals surface area contributed by atoms with Gasteiger partial charge in [-0.05, 0) is 76.7 Å². The van der Waals surface area contributed by atoms with Crippen LogP contribution < -0.4 is 0 Å².